The second kappa shape index (κ2) is 9.13. The van der Waals surface area contributed by atoms with Gasteiger partial charge in [-0.15, -0.1) is 0 Å². The minimum Gasteiger partial charge on any atom is -0.488 e. The molecule has 0 saturated heterocycles. The van der Waals surface area contributed by atoms with Crippen molar-refractivity contribution < 1.29 is 24.5 Å². The van der Waals surface area contributed by atoms with Crippen LogP contribution in [0, 0.1) is 20.2 Å². The van der Waals surface area contributed by atoms with Gasteiger partial charge in [-0.25, -0.2) is 9.78 Å². The zero-order chi connectivity index (χ0) is 28.6. The maximum Gasteiger partial charge on any atom is 0.326 e. The first-order chi connectivity index (χ1) is 19.7. The van der Waals surface area contributed by atoms with Crippen LogP contribution in [-0.2, 0) is 11.4 Å². The van der Waals surface area contributed by atoms with Gasteiger partial charge in [-0.1, -0.05) is 30.0 Å². The molecule has 12 nitrogen and oxygen atoms in total. The molecule has 1 fully saturated rings. The van der Waals surface area contributed by atoms with Crippen LogP contribution >= 0.6 is 11.8 Å². The van der Waals surface area contributed by atoms with Gasteiger partial charge in [0, 0.05) is 39.5 Å². The molecule has 4 aromatic rings. The second-order valence-electron chi connectivity index (χ2n) is 10.3. The van der Waals surface area contributed by atoms with E-state index in [1.807, 2.05) is 6.07 Å². The zero-order valence-corrected chi connectivity index (χ0v) is 22.0. The van der Waals surface area contributed by atoms with E-state index >= 15 is 0 Å². The molecule has 2 atom stereocenters. The van der Waals surface area contributed by atoms with Crippen LogP contribution in [0.15, 0.2) is 58.4 Å². The first-order valence-electron chi connectivity index (χ1n) is 12.9. The van der Waals surface area contributed by atoms with E-state index in [1.165, 1.54) is 40.6 Å². The van der Waals surface area contributed by atoms with Crippen LogP contribution in [0.25, 0.3) is 22.2 Å². The van der Waals surface area contributed by atoms with Crippen molar-refractivity contribution in [3.8, 4) is 17.0 Å². The summed E-state index contributed by atoms with van der Waals surface area (Å²) in [5, 5.41) is 33.9. The number of aliphatic carboxylic acids is 1. The van der Waals surface area contributed by atoms with Gasteiger partial charge in [0.1, 0.15) is 23.9 Å². The maximum atomic E-state index is 14.0. The minimum atomic E-state index is -1.25. The van der Waals surface area contributed by atoms with E-state index in [-0.39, 0.29) is 41.6 Å². The summed E-state index contributed by atoms with van der Waals surface area (Å²) in [4.78, 5) is 53.4. The van der Waals surface area contributed by atoms with E-state index in [0.29, 0.717) is 32.8 Å². The van der Waals surface area contributed by atoms with Crippen LogP contribution in [0.1, 0.15) is 53.2 Å². The predicted molar refractivity (Wildman–Crippen MR) is 147 cm³/mol. The number of rotatable bonds is 5. The molecule has 41 heavy (non-hydrogen) atoms. The topological polar surface area (TPSA) is 168 Å². The Hall–Kier alpha value is -4.78. The van der Waals surface area contributed by atoms with Gasteiger partial charge in [-0.3, -0.25) is 29.6 Å². The molecule has 4 heterocycles. The van der Waals surface area contributed by atoms with Crippen LogP contribution in [-0.4, -0.2) is 30.5 Å². The van der Waals surface area contributed by atoms with E-state index in [9.17, 15) is 34.9 Å². The summed E-state index contributed by atoms with van der Waals surface area (Å²) < 4.78 is 7.13. The standard InChI is InChI=1S/C28H20N4O8S/c33-26-25-18(9-14-12-40-21-10-15(31(36)37)7-8-17(21)24(14)29-25)23(13-5-6-13)27-30(26)20(28(34)35)11-22(41-27)16-3-1-2-4-19(16)32(38)39/h1-4,7-10,13,20,22H,5-6,11-12H2,(H,34,35). The van der Waals surface area contributed by atoms with Gasteiger partial charge in [-0.2, -0.15) is 0 Å². The Morgan fingerprint density at radius 1 is 1.10 bits per heavy atom. The van der Waals surface area contributed by atoms with E-state index in [2.05, 4.69) is 0 Å². The molecular formula is C28H20N4O8S. The molecule has 13 heteroatoms. The summed E-state index contributed by atoms with van der Waals surface area (Å²) in [5.41, 5.74) is 2.25. The van der Waals surface area contributed by atoms with Gasteiger partial charge in [0.2, 0.25) is 0 Å². The summed E-state index contributed by atoms with van der Waals surface area (Å²) >= 11 is 1.29. The largest absolute Gasteiger partial charge is 0.488 e. The number of ether oxygens (including phenoxy) is 1. The van der Waals surface area contributed by atoms with E-state index in [1.54, 1.807) is 18.2 Å². The molecule has 0 bridgehead atoms. The van der Waals surface area contributed by atoms with Gasteiger partial charge < -0.3 is 9.84 Å². The number of carbonyl (C=O) groups is 1. The number of para-hydroxylation sites is 1. The van der Waals surface area contributed by atoms with Crippen molar-refractivity contribution in [3.05, 3.63) is 95.8 Å². The number of non-ortho nitro benzene ring substituents is 1. The van der Waals surface area contributed by atoms with E-state index < -0.39 is 32.7 Å². The van der Waals surface area contributed by atoms with Crippen LogP contribution in [0.3, 0.4) is 0 Å². The van der Waals surface area contributed by atoms with Gasteiger partial charge >= 0.3 is 5.97 Å². The quantitative estimate of drug-likeness (QED) is 0.238. The molecule has 1 saturated carbocycles. The van der Waals surface area contributed by atoms with Crippen molar-refractivity contribution in [2.24, 2.45) is 0 Å². The lowest BCUT2D eigenvalue weighted by Gasteiger charge is -2.33. The fourth-order valence-electron chi connectivity index (χ4n) is 5.80. The normalized spacial score (nSPS) is 19.0. The average molecular weight is 573 g/mol. The Morgan fingerprint density at radius 2 is 1.88 bits per heavy atom. The summed E-state index contributed by atoms with van der Waals surface area (Å²) in [6.07, 6.45) is 1.70. The van der Waals surface area contributed by atoms with Gasteiger partial charge in [-0.05, 0) is 42.9 Å². The third kappa shape index (κ3) is 3.95. The Morgan fingerprint density at radius 3 is 2.59 bits per heavy atom. The number of hydrogen-bond acceptors (Lipinski definition) is 9. The molecule has 2 aliphatic heterocycles. The first kappa shape index (κ1) is 25.2. The summed E-state index contributed by atoms with van der Waals surface area (Å²) in [7, 11) is 0. The fourth-order valence-corrected chi connectivity index (χ4v) is 7.40. The Balaban J connectivity index is 1.46. The molecule has 1 N–H and O–H groups in total. The number of nitrogens with zero attached hydrogens (tertiary/aromatic N) is 4. The molecule has 0 radical (unpaired) electrons. The first-order valence-corrected chi connectivity index (χ1v) is 13.8. The number of fused-ring (bicyclic) bond motifs is 5. The number of nitro groups is 2. The van der Waals surface area contributed by atoms with Crippen molar-refractivity contribution in [3.63, 3.8) is 0 Å². The number of aromatic nitrogens is 2. The highest BCUT2D eigenvalue weighted by molar-refractivity contribution is 7.99. The van der Waals surface area contributed by atoms with Crippen LogP contribution < -0.4 is 10.3 Å². The van der Waals surface area contributed by atoms with Crippen molar-refractivity contribution in [2.45, 2.75) is 48.1 Å². The molecule has 1 aliphatic carbocycles. The third-order valence-corrected chi connectivity index (χ3v) is 9.20. The van der Waals surface area contributed by atoms with Crippen molar-refractivity contribution in [2.75, 3.05) is 0 Å². The highest BCUT2D eigenvalue weighted by atomic mass is 32.2. The van der Waals surface area contributed by atoms with Crippen LogP contribution in [0.5, 0.6) is 5.75 Å². The van der Waals surface area contributed by atoms with Crippen LogP contribution in [0.2, 0.25) is 0 Å². The third-order valence-electron chi connectivity index (χ3n) is 7.83. The van der Waals surface area contributed by atoms with Gasteiger partial charge in [0.05, 0.1) is 26.6 Å². The molecular weight excluding hydrogens is 552 g/mol. The molecule has 0 spiro atoms. The Kier molecular flexibility index (Phi) is 5.61. The number of benzene rings is 2. The Labute approximate surface area is 234 Å². The molecule has 2 aromatic carbocycles. The lowest BCUT2D eigenvalue weighted by molar-refractivity contribution is -0.385. The van der Waals surface area contributed by atoms with E-state index in [4.69, 9.17) is 9.72 Å². The molecule has 2 unspecified atom stereocenters. The highest BCUT2D eigenvalue weighted by Gasteiger charge is 2.41. The number of thioether (sulfide) groups is 1. The second-order valence-corrected chi connectivity index (χ2v) is 11.5. The monoisotopic (exact) mass is 572 g/mol. The highest BCUT2D eigenvalue weighted by Crippen LogP contribution is 2.55. The van der Waals surface area contributed by atoms with Crippen molar-refractivity contribution in [1.82, 2.24) is 9.55 Å². The SMILES string of the molecule is O=C(O)C1CC(c2ccccc2[N+](=O)[O-])Sc2c(C3CC3)c3cc4c(nc3c(=O)n21)-c1ccc([N+](=O)[O-])cc1OC4. The fraction of sp³-hybridized carbons (Fsp3) is 0.250. The van der Waals surface area contributed by atoms with Gasteiger partial charge in [0.25, 0.3) is 16.9 Å². The number of nitro benzene ring substituents is 2. The summed E-state index contributed by atoms with van der Waals surface area (Å²) in [6.45, 7) is 0.0959. The van der Waals surface area contributed by atoms with Crippen molar-refractivity contribution in [1.29, 1.82) is 0 Å². The molecule has 2 aromatic heterocycles. The van der Waals surface area contributed by atoms with E-state index in [0.717, 1.165) is 18.4 Å². The lowest BCUT2D eigenvalue weighted by Crippen LogP contribution is -2.36. The summed E-state index contributed by atoms with van der Waals surface area (Å²) in [5.74, 6) is -0.835. The number of carboxylic acids is 1. The number of hydrogen-bond donors (Lipinski definition) is 1. The van der Waals surface area contributed by atoms with Crippen molar-refractivity contribution >= 4 is 40.0 Å². The number of pyridine rings is 2. The zero-order valence-electron chi connectivity index (χ0n) is 21.2. The number of carboxylic acid groups (broad SMARTS) is 1. The van der Waals surface area contributed by atoms with Crippen LogP contribution in [0.4, 0.5) is 11.4 Å². The maximum absolute atomic E-state index is 14.0. The minimum absolute atomic E-state index is 0.0152. The summed E-state index contributed by atoms with van der Waals surface area (Å²) in [6, 6.07) is 11.1. The predicted octanol–water partition coefficient (Wildman–Crippen LogP) is 5.51. The Bertz CT molecular complexity index is 1900. The average Bonchev–Trinajstić information content (AvgIpc) is 3.80. The molecule has 7 rings (SSSR count). The molecule has 3 aliphatic rings. The molecule has 0 amide bonds. The molecule has 206 valence electrons. The smallest absolute Gasteiger partial charge is 0.326 e. The lowest BCUT2D eigenvalue weighted by atomic mass is 9.97. The van der Waals surface area contributed by atoms with Gasteiger partial charge in [0.15, 0.2) is 0 Å².